The van der Waals surface area contributed by atoms with Gasteiger partial charge in [-0.05, 0) is 67.6 Å². The second-order valence-corrected chi connectivity index (χ2v) is 10.5. The van der Waals surface area contributed by atoms with E-state index in [0.717, 1.165) is 4.31 Å². The summed E-state index contributed by atoms with van der Waals surface area (Å²) in [5, 5.41) is 15.1. The molecule has 1 heterocycles. The molecule has 1 aromatic heterocycles. The Morgan fingerprint density at radius 2 is 1.77 bits per heavy atom. The van der Waals surface area contributed by atoms with E-state index in [1.165, 1.54) is 48.7 Å². The molecular weight excluding hydrogens is 560 g/mol. The van der Waals surface area contributed by atoms with Gasteiger partial charge in [0.2, 0.25) is 0 Å². The summed E-state index contributed by atoms with van der Waals surface area (Å²) in [6, 6.07) is 21.1. The van der Waals surface area contributed by atoms with E-state index in [1.807, 2.05) is 0 Å². The van der Waals surface area contributed by atoms with Crippen molar-refractivity contribution in [1.29, 1.82) is 0 Å². The van der Waals surface area contributed by atoms with Gasteiger partial charge >= 0.3 is 0 Å². The number of amides is 1. The number of nitrogens with one attached hydrogen (secondary N) is 1. The van der Waals surface area contributed by atoms with Crippen LogP contribution in [0.25, 0.3) is 11.3 Å². The van der Waals surface area contributed by atoms with Crippen LogP contribution < -0.4 is 14.5 Å². The number of nitrogens with zero attached hydrogens (tertiary/aromatic N) is 3. The van der Waals surface area contributed by atoms with Crippen LogP contribution in [0.3, 0.4) is 0 Å². The topological polar surface area (TPSA) is 144 Å². The maximum absolute atomic E-state index is 13.6. The average molecular weight is 583 g/mol. The summed E-state index contributed by atoms with van der Waals surface area (Å²) < 4.78 is 39.4. The number of rotatable bonds is 11. The van der Waals surface area contributed by atoms with Crippen molar-refractivity contribution in [2.24, 2.45) is 5.10 Å². The molecule has 0 radical (unpaired) electrons. The average Bonchev–Trinajstić information content (AvgIpc) is 3.41. The fraction of sp³-hybridized carbons (Fsp3) is 0.111. The molecule has 0 aliphatic carbocycles. The molecule has 1 amide bonds. The van der Waals surface area contributed by atoms with Gasteiger partial charge in [-0.2, -0.15) is 5.10 Å². The third kappa shape index (κ3) is 6.65. The highest BCUT2D eigenvalue weighted by Gasteiger charge is 2.29. The van der Waals surface area contributed by atoms with Gasteiger partial charge in [-0.3, -0.25) is 19.2 Å². The smallest absolute Gasteiger partial charge is 0.269 e. The number of hydrazone groups is 1. The minimum Gasteiger partial charge on any atom is -0.492 e. The molecule has 40 heavy (non-hydrogen) atoms. The Labute approximate surface area is 234 Å². The number of carbonyl (C=O) groups excluding carboxylic acids is 1. The second kappa shape index (κ2) is 12.5. The lowest BCUT2D eigenvalue weighted by atomic mass is 10.1. The lowest BCUT2D eigenvalue weighted by Gasteiger charge is -2.25. The van der Waals surface area contributed by atoms with Gasteiger partial charge in [-0.25, -0.2) is 13.8 Å². The lowest BCUT2D eigenvalue weighted by Crippen LogP contribution is -2.39. The molecule has 4 aromatic rings. The summed E-state index contributed by atoms with van der Waals surface area (Å²) in [7, 11) is -4.20. The predicted molar refractivity (Wildman–Crippen MR) is 150 cm³/mol. The number of hydrogen-bond acceptors (Lipinski definition) is 8. The van der Waals surface area contributed by atoms with Crippen molar-refractivity contribution in [3.63, 3.8) is 0 Å². The van der Waals surface area contributed by atoms with Gasteiger partial charge < -0.3 is 9.15 Å². The third-order valence-corrected chi connectivity index (χ3v) is 7.52. The van der Waals surface area contributed by atoms with E-state index in [1.54, 1.807) is 49.4 Å². The molecule has 0 spiro atoms. The summed E-state index contributed by atoms with van der Waals surface area (Å²) in [5.74, 6) is 0.298. The lowest BCUT2D eigenvalue weighted by molar-refractivity contribution is -0.384. The molecule has 206 valence electrons. The number of nitro groups is 1. The van der Waals surface area contributed by atoms with Crippen molar-refractivity contribution < 1.29 is 27.3 Å². The Bertz CT molecular complexity index is 1640. The number of halogens is 1. The molecule has 0 bridgehead atoms. The van der Waals surface area contributed by atoms with Crippen LogP contribution in [0.1, 0.15) is 12.7 Å². The highest BCUT2D eigenvalue weighted by Crippen LogP contribution is 2.32. The fourth-order valence-corrected chi connectivity index (χ4v) is 5.19. The van der Waals surface area contributed by atoms with Crippen LogP contribution in [0.4, 0.5) is 11.4 Å². The highest BCUT2D eigenvalue weighted by molar-refractivity contribution is 7.92. The Morgan fingerprint density at radius 3 is 2.45 bits per heavy atom. The number of carbonyl (C=O) groups is 1. The molecule has 3 aromatic carbocycles. The standard InChI is InChI=1S/C27H23ClN4O7S/c1-2-38-26-6-4-3-5-24(26)31(40(36,37)23-14-9-20(28)10-15-23)18-27(33)30-29-17-22-13-16-25(39-22)19-7-11-21(12-8-19)32(34)35/h3-17H,2,18H2,1H3,(H,30,33)/b29-17-. The van der Waals surface area contributed by atoms with Gasteiger partial charge in [-0.15, -0.1) is 0 Å². The Balaban J connectivity index is 1.52. The molecule has 0 aliphatic rings. The number of para-hydroxylation sites is 2. The maximum atomic E-state index is 13.6. The van der Waals surface area contributed by atoms with Gasteiger partial charge in [0.1, 0.15) is 23.8 Å². The number of anilines is 1. The summed E-state index contributed by atoms with van der Waals surface area (Å²) in [4.78, 5) is 23.1. The van der Waals surface area contributed by atoms with E-state index < -0.39 is 27.4 Å². The Morgan fingerprint density at radius 1 is 1.07 bits per heavy atom. The van der Waals surface area contributed by atoms with Crippen LogP contribution in [0.15, 0.2) is 99.3 Å². The third-order valence-electron chi connectivity index (χ3n) is 5.49. The van der Waals surface area contributed by atoms with E-state index in [9.17, 15) is 23.3 Å². The van der Waals surface area contributed by atoms with E-state index in [2.05, 4.69) is 10.5 Å². The molecule has 0 aliphatic heterocycles. The number of ether oxygens (including phenoxy) is 1. The van der Waals surface area contributed by atoms with Crippen LogP contribution in [0.2, 0.25) is 5.02 Å². The van der Waals surface area contributed by atoms with Crippen molar-refractivity contribution in [1.82, 2.24) is 5.43 Å². The Hall–Kier alpha value is -4.68. The quantitative estimate of drug-likeness (QED) is 0.144. The molecule has 1 N–H and O–H groups in total. The van der Waals surface area contributed by atoms with E-state index in [-0.39, 0.29) is 28.6 Å². The van der Waals surface area contributed by atoms with E-state index in [0.29, 0.717) is 22.1 Å². The summed E-state index contributed by atoms with van der Waals surface area (Å²) in [5.41, 5.74) is 3.06. The summed E-state index contributed by atoms with van der Waals surface area (Å²) in [6.45, 7) is 1.45. The zero-order valence-electron chi connectivity index (χ0n) is 21.1. The minimum atomic E-state index is -4.20. The van der Waals surface area contributed by atoms with Gasteiger partial charge in [0.15, 0.2) is 0 Å². The fourth-order valence-electron chi connectivity index (χ4n) is 3.63. The zero-order chi connectivity index (χ0) is 28.7. The minimum absolute atomic E-state index is 0.0456. The second-order valence-electron chi connectivity index (χ2n) is 8.17. The first kappa shape index (κ1) is 28.3. The van der Waals surface area contributed by atoms with Gasteiger partial charge in [0.25, 0.3) is 21.6 Å². The molecule has 0 saturated carbocycles. The molecule has 0 atom stereocenters. The number of furan rings is 1. The molecule has 11 nitrogen and oxygen atoms in total. The number of nitro benzene ring substituents is 1. The molecule has 0 fully saturated rings. The van der Waals surface area contributed by atoms with Crippen molar-refractivity contribution in [2.45, 2.75) is 11.8 Å². The van der Waals surface area contributed by atoms with Crippen LogP contribution in [0.5, 0.6) is 5.75 Å². The molecule has 0 saturated heterocycles. The van der Waals surface area contributed by atoms with Gasteiger partial charge in [-0.1, -0.05) is 23.7 Å². The van der Waals surface area contributed by atoms with Crippen molar-refractivity contribution in [3.05, 3.63) is 106 Å². The first-order chi connectivity index (χ1) is 19.2. The molecule has 13 heteroatoms. The van der Waals surface area contributed by atoms with Crippen LogP contribution in [-0.2, 0) is 14.8 Å². The number of sulfonamides is 1. The van der Waals surface area contributed by atoms with Crippen LogP contribution >= 0.6 is 11.6 Å². The van der Waals surface area contributed by atoms with Crippen LogP contribution in [-0.4, -0.2) is 38.6 Å². The van der Waals surface area contributed by atoms with E-state index in [4.69, 9.17) is 20.8 Å². The van der Waals surface area contributed by atoms with Gasteiger partial charge in [0.05, 0.1) is 28.3 Å². The van der Waals surface area contributed by atoms with Crippen LogP contribution in [0, 0.1) is 10.1 Å². The molecule has 0 unspecified atom stereocenters. The number of benzene rings is 3. The zero-order valence-corrected chi connectivity index (χ0v) is 22.6. The normalized spacial score (nSPS) is 11.3. The van der Waals surface area contributed by atoms with Crippen molar-refractivity contribution >= 4 is 45.1 Å². The first-order valence-electron chi connectivity index (χ1n) is 11.9. The van der Waals surface area contributed by atoms with Crippen molar-refractivity contribution in [2.75, 3.05) is 17.5 Å². The first-order valence-corrected chi connectivity index (χ1v) is 13.7. The number of non-ortho nitro benzene ring substituents is 1. The molecular formula is C27H23ClN4O7S. The number of hydrogen-bond donors (Lipinski definition) is 1. The molecule has 4 rings (SSSR count). The van der Waals surface area contributed by atoms with E-state index >= 15 is 0 Å². The largest absolute Gasteiger partial charge is 0.492 e. The summed E-state index contributed by atoms with van der Waals surface area (Å²) >= 11 is 5.93. The monoisotopic (exact) mass is 582 g/mol. The van der Waals surface area contributed by atoms with Gasteiger partial charge in [0, 0.05) is 22.7 Å². The summed E-state index contributed by atoms with van der Waals surface area (Å²) in [6.07, 6.45) is 1.25. The maximum Gasteiger partial charge on any atom is 0.269 e. The van der Waals surface area contributed by atoms with Crippen molar-refractivity contribution in [3.8, 4) is 17.1 Å². The predicted octanol–water partition coefficient (Wildman–Crippen LogP) is 5.25. The Kier molecular flexibility index (Phi) is 8.82. The SMILES string of the molecule is CCOc1ccccc1N(CC(=O)N/N=C\c1ccc(-c2ccc([N+](=O)[O-])cc2)o1)S(=O)(=O)c1ccc(Cl)cc1. The highest BCUT2D eigenvalue weighted by atomic mass is 35.5.